The molecule has 3 heteroatoms. The van der Waals surface area contributed by atoms with Crippen LogP contribution in [0.25, 0.3) is 0 Å². The van der Waals surface area contributed by atoms with Gasteiger partial charge in [0.25, 0.3) is 0 Å². The Morgan fingerprint density at radius 1 is 1.50 bits per heavy atom. The number of aromatic carboxylic acids is 1. The van der Waals surface area contributed by atoms with Crippen molar-refractivity contribution in [3.05, 3.63) is 29.3 Å². The Hall–Kier alpha value is -1.51. The lowest BCUT2D eigenvalue weighted by molar-refractivity contribution is 0.0692. The van der Waals surface area contributed by atoms with Gasteiger partial charge in [0.05, 0.1) is 6.61 Å². The molecule has 0 fully saturated rings. The number of carboxylic acids is 1. The molecule has 0 unspecified atom stereocenters. The Bertz CT molecular complexity index is 331. The van der Waals surface area contributed by atoms with E-state index in [-0.39, 0.29) is 5.56 Å². The first-order valence-corrected chi connectivity index (χ1v) is 4.62. The van der Waals surface area contributed by atoms with Crippen LogP contribution in [-0.2, 0) is 0 Å². The van der Waals surface area contributed by atoms with Crippen molar-refractivity contribution in [2.45, 2.75) is 20.3 Å². The summed E-state index contributed by atoms with van der Waals surface area (Å²) in [7, 11) is 0. The van der Waals surface area contributed by atoms with Crippen LogP contribution in [-0.4, -0.2) is 17.7 Å². The van der Waals surface area contributed by atoms with E-state index in [1.807, 2.05) is 19.9 Å². The maximum Gasteiger partial charge on any atom is 0.339 e. The zero-order valence-corrected chi connectivity index (χ0v) is 8.41. The third-order valence-corrected chi connectivity index (χ3v) is 1.89. The van der Waals surface area contributed by atoms with Crippen molar-refractivity contribution in [1.82, 2.24) is 0 Å². The Morgan fingerprint density at radius 2 is 2.21 bits per heavy atom. The molecule has 0 saturated heterocycles. The van der Waals surface area contributed by atoms with Crippen molar-refractivity contribution >= 4 is 5.97 Å². The van der Waals surface area contributed by atoms with Gasteiger partial charge in [-0.1, -0.05) is 19.1 Å². The van der Waals surface area contributed by atoms with Gasteiger partial charge in [0.2, 0.25) is 0 Å². The number of aryl methyl sites for hydroxylation is 1. The van der Waals surface area contributed by atoms with E-state index in [4.69, 9.17) is 9.84 Å². The molecule has 1 N–H and O–H groups in total. The Morgan fingerprint density at radius 3 is 2.79 bits per heavy atom. The summed E-state index contributed by atoms with van der Waals surface area (Å²) in [6.07, 6.45) is 0.868. The number of rotatable bonds is 4. The summed E-state index contributed by atoms with van der Waals surface area (Å²) in [4.78, 5) is 10.9. The van der Waals surface area contributed by atoms with Crippen LogP contribution in [0.3, 0.4) is 0 Å². The summed E-state index contributed by atoms with van der Waals surface area (Å²) in [5.74, 6) is -0.457. The monoisotopic (exact) mass is 194 g/mol. The number of hydrogen-bond donors (Lipinski definition) is 1. The smallest absolute Gasteiger partial charge is 0.339 e. The van der Waals surface area contributed by atoms with E-state index < -0.39 is 5.97 Å². The van der Waals surface area contributed by atoms with Crippen molar-refractivity contribution in [3.63, 3.8) is 0 Å². The fourth-order valence-electron chi connectivity index (χ4n) is 1.22. The number of carbonyl (C=O) groups is 1. The average molecular weight is 194 g/mol. The minimum Gasteiger partial charge on any atom is -0.492 e. The van der Waals surface area contributed by atoms with Crippen LogP contribution in [0.4, 0.5) is 0 Å². The molecule has 0 saturated carbocycles. The molecule has 0 radical (unpaired) electrons. The lowest BCUT2D eigenvalue weighted by atomic mass is 10.1. The average Bonchev–Trinajstić information content (AvgIpc) is 2.15. The minimum atomic E-state index is -0.945. The van der Waals surface area contributed by atoms with Gasteiger partial charge in [0.1, 0.15) is 11.3 Å². The summed E-state index contributed by atoms with van der Waals surface area (Å²) < 4.78 is 5.40. The summed E-state index contributed by atoms with van der Waals surface area (Å²) >= 11 is 0. The predicted molar refractivity (Wildman–Crippen MR) is 53.9 cm³/mol. The van der Waals surface area contributed by atoms with Gasteiger partial charge < -0.3 is 9.84 Å². The molecule has 1 rings (SSSR count). The molecule has 0 aromatic heterocycles. The van der Waals surface area contributed by atoms with E-state index in [0.29, 0.717) is 12.4 Å². The maximum atomic E-state index is 10.9. The molecular weight excluding hydrogens is 180 g/mol. The molecule has 0 bridgehead atoms. The van der Waals surface area contributed by atoms with E-state index in [2.05, 4.69) is 0 Å². The maximum absolute atomic E-state index is 10.9. The highest BCUT2D eigenvalue weighted by molar-refractivity contribution is 5.91. The van der Waals surface area contributed by atoms with Crippen LogP contribution in [0.5, 0.6) is 5.75 Å². The summed E-state index contributed by atoms with van der Waals surface area (Å²) in [5.41, 5.74) is 1.09. The van der Waals surface area contributed by atoms with Gasteiger partial charge in [-0.25, -0.2) is 4.79 Å². The molecule has 0 amide bonds. The topological polar surface area (TPSA) is 46.5 Å². The van der Waals surface area contributed by atoms with Gasteiger partial charge in [0.15, 0.2) is 0 Å². The van der Waals surface area contributed by atoms with E-state index in [9.17, 15) is 4.79 Å². The van der Waals surface area contributed by atoms with Crippen LogP contribution < -0.4 is 4.74 Å². The van der Waals surface area contributed by atoms with Gasteiger partial charge in [-0.05, 0) is 25.0 Å². The first-order chi connectivity index (χ1) is 6.66. The van der Waals surface area contributed by atoms with Crippen LogP contribution in [0.2, 0.25) is 0 Å². The molecule has 0 atom stereocenters. The standard InChI is InChI=1S/C11H14O3/c1-3-7-14-10-8(2)5-4-6-9(10)11(12)13/h4-6H,3,7H2,1-2H3,(H,12,13). The van der Waals surface area contributed by atoms with Gasteiger partial charge in [-0.2, -0.15) is 0 Å². The van der Waals surface area contributed by atoms with E-state index >= 15 is 0 Å². The largest absolute Gasteiger partial charge is 0.492 e. The zero-order valence-electron chi connectivity index (χ0n) is 8.41. The Kier molecular flexibility index (Phi) is 3.51. The van der Waals surface area contributed by atoms with Crippen LogP contribution >= 0.6 is 0 Å². The second-order valence-corrected chi connectivity index (χ2v) is 3.11. The molecule has 76 valence electrons. The third-order valence-electron chi connectivity index (χ3n) is 1.89. The lowest BCUT2D eigenvalue weighted by Crippen LogP contribution is -2.05. The number of para-hydroxylation sites is 1. The highest BCUT2D eigenvalue weighted by atomic mass is 16.5. The zero-order chi connectivity index (χ0) is 10.6. The van der Waals surface area contributed by atoms with Crippen LogP contribution in [0.1, 0.15) is 29.3 Å². The van der Waals surface area contributed by atoms with Gasteiger partial charge >= 0.3 is 5.97 Å². The fraction of sp³-hybridized carbons (Fsp3) is 0.364. The summed E-state index contributed by atoms with van der Waals surface area (Å²) in [5, 5.41) is 8.91. The summed E-state index contributed by atoms with van der Waals surface area (Å²) in [6.45, 7) is 4.38. The number of ether oxygens (including phenoxy) is 1. The quantitative estimate of drug-likeness (QED) is 0.800. The van der Waals surface area contributed by atoms with Crippen LogP contribution in [0.15, 0.2) is 18.2 Å². The molecule has 0 aliphatic carbocycles. The molecule has 0 aliphatic rings. The highest BCUT2D eigenvalue weighted by Crippen LogP contribution is 2.23. The SMILES string of the molecule is CCCOc1c(C)cccc1C(=O)O. The molecule has 0 heterocycles. The second kappa shape index (κ2) is 4.65. The molecule has 14 heavy (non-hydrogen) atoms. The molecule has 1 aromatic rings. The number of benzene rings is 1. The van der Waals surface area contributed by atoms with E-state index in [0.717, 1.165) is 12.0 Å². The van der Waals surface area contributed by atoms with Crippen molar-refractivity contribution in [2.24, 2.45) is 0 Å². The molecule has 0 aliphatic heterocycles. The Labute approximate surface area is 83.3 Å². The predicted octanol–water partition coefficient (Wildman–Crippen LogP) is 2.48. The van der Waals surface area contributed by atoms with Crippen LogP contribution in [0, 0.1) is 6.92 Å². The lowest BCUT2D eigenvalue weighted by Gasteiger charge is -2.10. The summed E-state index contributed by atoms with van der Waals surface area (Å²) in [6, 6.07) is 5.12. The molecule has 1 aromatic carbocycles. The fourth-order valence-corrected chi connectivity index (χ4v) is 1.22. The molecule has 0 spiro atoms. The van der Waals surface area contributed by atoms with Gasteiger partial charge in [0, 0.05) is 0 Å². The minimum absolute atomic E-state index is 0.235. The van der Waals surface area contributed by atoms with Gasteiger partial charge in [-0.15, -0.1) is 0 Å². The first kappa shape index (κ1) is 10.6. The van der Waals surface area contributed by atoms with E-state index in [1.54, 1.807) is 12.1 Å². The Balaban J connectivity index is 3.02. The van der Waals surface area contributed by atoms with Gasteiger partial charge in [-0.3, -0.25) is 0 Å². The van der Waals surface area contributed by atoms with Crippen molar-refractivity contribution in [1.29, 1.82) is 0 Å². The van der Waals surface area contributed by atoms with Crippen molar-refractivity contribution in [3.8, 4) is 5.75 Å². The second-order valence-electron chi connectivity index (χ2n) is 3.11. The normalized spacial score (nSPS) is 9.86. The number of hydrogen-bond acceptors (Lipinski definition) is 2. The van der Waals surface area contributed by atoms with Crippen molar-refractivity contribution in [2.75, 3.05) is 6.61 Å². The molecular formula is C11H14O3. The third kappa shape index (κ3) is 2.25. The molecule has 3 nitrogen and oxygen atoms in total. The highest BCUT2D eigenvalue weighted by Gasteiger charge is 2.12. The first-order valence-electron chi connectivity index (χ1n) is 4.62. The van der Waals surface area contributed by atoms with E-state index in [1.165, 1.54) is 0 Å². The number of carboxylic acid groups (broad SMARTS) is 1. The van der Waals surface area contributed by atoms with Crippen molar-refractivity contribution < 1.29 is 14.6 Å².